The number of rotatable bonds is 10. The molecule has 0 unspecified atom stereocenters. The molecular formula is C32H32F3N5O5. The SMILES string of the molecule is N#CNC(=Nc1ccc(OC(F)(F)F)cc1)N(Cc1ccc(C(=O)NC[C@@H](O)C(=O)O)cc1)c1ccc(C2CCCCC2)cc1. The number of nitrogens with zero attached hydrogens (tertiary/aromatic N) is 3. The van der Waals surface area contributed by atoms with Crippen molar-refractivity contribution in [1.29, 1.82) is 5.26 Å². The van der Waals surface area contributed by atoms with Crippen LogP contribution in [-0.2, 0) is 11.3 Å². The van der Waals surface area contributed by atoms with Crippen molar-refractivity contribution in [3.63, 3.8) is 0 Å². The van der Waals surface area contributed by atoms with E-state index in [-0.39, 0.29) is 23.8 Å². The van der Waals surface area contributed by atoms with Crippen LogP contribution in [0, 0.1) is 11.5 Å². The summed E-state index contributed by atoms with van der Waals surface area (Å²) in [7, 11) is 0. The molecule has 10 nitrogen and oxygen atoms in total. The standard InChI is InChI=1S/C32H32F3N5O5/c33-32(34,35)45-27-16-12-25(13-17-27)39-31(38-20-36)40(26-14-10-23(11-15-26)22-4-2-1-3-5-22)19-21-6-8-24(9-7-21)29(42)37-18-28(41)30(43)44/h6-17,22,28,41H,1-5,18-19H2,(H,37,42)(H,38,39)(H,43,44)/t28-/m1/s1. The van der Waals surface area contributed by atoms with Gasteiger partial charge in [-0.25, -0.2) is 9.79 Å². The fourth-order valence-electron chi connectivity index (χ4n) is 5.02. The predicted octanol–water partition coefficient (Wildman–Crippen LogP) is 5.57. The molecule has 0 radical (unpaired) electrons. The van der Waals surface area contributed by atoms with Gasteiger partial charge in [0, 0.05) is 11.3 Å². The third-order valence-corrected chi connectivity index (χ3v) is 7.31. The summed E-state index contributed by atoms with van der Waals surface area (Å²) < 4.78 is 41.8. The first-order valence-corrected chi connectivity index (χ1v) is 14.3. The summed E-state index contributed by atoms with van der Waals surface area (Å²) in [5, 5.41) is 32.7. The van der Waals surface area contributed by atoms with E-state index in [0.717, 1.165) is 30.5 Å². The molecule has 0 aliphatic heterocycles. The Morgan fingerprint density at radius 2 is 1.64 bits per heavy atom. The van der Waals surface area contributed by atoms with Gasteiger partial charge in [0.2, 0.25) is 5.96 Å². The second-order valence-electron chi connectivity index (χ2n) is 10.5. The molecule has 236 valence electrons. The first kappa shape index (κ1) is 32.8. The Bertz CT molecular complexity index is 1520. The first-order valence-electron chi connectivity index (χ1n) is 14.3. The maximum atomic E-state index is 12.6. The number of carboxylic acid groups (broad SMARTS) is 1. The molecule has 45 heavy (non-hydrogen) atoms. The lowest BCUT2D eigenvalue weighted by molar-refractivity contribution is -0.274. The van der Waals surface area contributed by atoms with Gasteiger partial charge < -0.3 is 25.2 Å². The van der Waals surface area contributed by atoms with E-state index in [2.05, 4.69) is 20.4 Å². The summed E-state index contributed by atoms with van der Waals surface area (Å²) in [5.41, 5.74) is 3.13. The summed E-state index contributed by atoms with van der Waals surface area (Å²) in [6.07, 6.45) is 1.14. The molecule has 1 atom stereocenters. The number of carbonyl (C=O) groups excluding carboxylic acids is 1. The number of aliphatic hydroxyl groups excluding tert-OH is 1. The van der Waals surface area contributed by atoms with Gasteiger partial charge in [-0.1, -0.05) is 43.5 Å². The average molecular weight is 624 g/mol. The Labute approximate surface area is 257 Å². The van der Waals surface area contributed by atoms with Gasteiger partial charge in [-0.2, -0.15) is 5.26 Å². The fraction of sp³-hybridized carbons (Fsp3) is 0.312. The van der Waals surface area contributed by atoms with E-state index >= 15 is 0 Å². The lowest BCUT2D eigenvalue weighted by atomic mass is 9.84. The lowest BCUT2D eigenvalue weighted by Crippen LogP contribution is -2.39. The number of anilines is 1. The summed E-state index contributed by atoms with van der Waals surface area (Å²) in [6, 6.07) is 19.3. The van der Waals surface area contributed by atoms with Gasteiger partial charge in [-0.05, 0) is 78.4 Å². The van der Waals surface area contributed by atoms with Gasteiger partial charge in [0.05, 0.1) is 18.8 Å². The number of nitrogens with one attached hydrogen (secondary N) is 2. The number of nitriles is 1. The van der Waals surface area contributed by atoms with Crippen molar-refractivity contribution in [3.8, 4) is 11.9 Å². The molecule has 1 aliphatic rings. The summed E-state index contributed by atoms with van der Waals surface area (Å²) in [4.78, 5) is 29.5. The van der Waals surface area contributed by atoms with Gasteiger partial charge in [0.15, 0.2) is 12.3 Å². The highest BCUT2D eigenvalue weighted by Gasteiger charge is 2.31. The van der Waals surface area contributed by atoms with Crippen LogP contribution in [0.15, 0.2) is 77.8 Å². The van der Waals surface area contributed by atoms with E-state index in [4.69, 9.17) is 5.11 Å². The van der Waals surface area contributed by atoms with Crippen molar-refractivity contribution in [2.45, 2.75) is 57.0 Å². The smallest absolute Gasteiger partial charge is 0.479 e. The Hall–Kier alpha value is -5.09. The van der Waals surface area contributed by atoms with Crippen LogP contribution < -0.4 is 20.3 Å². The van der Waals surface area contributed by atoms with Gasteiger partial charge in [-0.3, -0.25) is 10.1 Å². The number of aliphatic imine (C=N–C) groups is 1. The molecule has 1 aliphatic carbocycles. The molecule has 1 saturated carbocycles. The van der Waals surface area contributed by atoms with E-state index in [9.17, 15) is 33.1 Å². The molecule has 4 rings (SSSR count). The minimum Gasteiger partial charge on any atom is -0.479 e. The minimum absolute atomic E-state index is 0.108. The molecule has 0 aromatic heterocycles. The maximum Gasteiger partial charge on any atom is 0.573 e. The van der Waals surface area contributed by atoms with E-state index in [1.165, 1.54) is 49.1 Å². The van der Waals surface area contributed by atoms with Crippen LogP contribution in [0.4, 0.5) is 24.5 Å². The molecule has 3 aromatic rings. The molecule has 0 bridgehead atoms. The van der Waals surface area contributed by atoms with Crippen LogP contribution in [0.3, 0.4) is 0 Å². The number of carboxylic acids is 1. The number of amides is 1. The monoisotopic (exact) mass is 623 g/mol. The van der Waals surface area contributed by atoms with Crippen molar-refractivity contribution < 1.29 is 37.7 Å². The zero-order chi connectivity index (χ0) is 32.4. The molecular weight excluding hydrogens is 591 g/mol. The largest absolute Gasteiger partial charge is 0.573 e. The van der Waals surface area contributed by atoms with Crippen LogP contribution in [0.5, 0.6) is 5.75 Å². The molecule has 0 saturated heterocycles. The molecule has 4 N–H and O–H groups in total. The number of hydrogen-bond acceptors (Lipinski definition) is 6. The fourth-order valence-corrected chi connectivity index (χ4v) is 5.02. The minimum atomic E-state index is -4.84. The highest BCUT2D eigenvalue weighted by Crippen LogP contribution is 2.34. The number of guanidine groups is 1. The topological polar surface area (TPSA) is 147 Å². The van der Waals surface area contributed by atoms with E-state index in [1.54, 1.807) is 17.0 Å². The Balaban J connectivity index is 1.61. The molecule has 1 fully saturated rings. The van der Waals surface area contributed by atoms with Crippen LogP contribution >= 0.6 is 0 Å². The van der Waals surface area contributed by atoms with Crippen molar-refractivity contribution in [2.24, 2.45) is 4.99 Å². The molecule has 13 heteroatoms. The second kappa shape index (κ2) is 15.1. The third kappa shape index (κ3) is 9.70. The van der Waals surface area contributed by atoms with Gasteiger partial charge in [-0.15, -0.1) is 13.2 Å². The van der Waals surface area contributed by atoms with Gasteiger partial charge in [0.25, 0.3) is 5.91 Å². The molecule has 0 heterocycles. The van der Waals surface area contributed by atoms with Crippen molar-refractivity contribution >= 4 is 29.2 Å². The highest BCUT2D eigenvalue weighted by molar-refractivity contribution is 5.98. The predicted molar refractivity (Wildman–Crippen MR) is 160 cm³/mol. The quantitative estimate of drug-likeness (QED) is 0.0992. The van der Waals surface area contributed by atoms with Crippen LogP contribution in [-0.4, -0.2) is 47.1 Å². The number of carbonyl (C=O) groups is 2. The molecule has 0 spiro atoms. The lowest BCUT2D eigenvalue weighted by Gasteiger charge is -2.27. The number of halogens is 3. The van der Waals surface area contributed by atoms with Crippen LogP contribution in [0.2, 0.25) is 0 Å². The van der Waals surface area contributed by atoms with E-state index in [1.807, 2.05) is 30.5 Å². The Morgan fingerprint density at radius 3 is 2.22 bits per heavy atom. The van der Waals surface area contributed by atoms with Crippen molar-refractivity contribution in [1.82, 2.24) is 10.6 Å². The van der Waals surface area contributed by atoms with Crippen LogP contribution in [0.1, 0.15) is 59.5 Å². The third-order valence-electron chi connectivity index (χ3n) is 7.31. The number of ether oxygens (including phenoxy) is 1. The zero-order valence-electron chi connectivity index (χ0n) is 24.1. The van der Waals surface area contributed by atoms with E-state index < -0.39 is 36.6 Å². The average Bonchev–Trinajstić information content (AvgIpc) is 3.03. The Morgan fingerprint density at radius 1 is 1.00 bits per heavy atom. The van der Waals surface area contributed by atoms with Crippen molar-refractivity contribution in [2.75, 3.05) is 11.4 Å². The van der Waals surface area contributed by atoms with E-state index in [0.29, 0.717) is 11.6 Å². The number of aliphatic hydroxyl groups is 1. The second-order valence-corrected chi connectivity index (χ2v) is 10.5. The summed E-state index contributed by atoms with van der Waals surface area (Å²) in [5.74, 6) is -1.85. The number of benzene rings is 3. The normalized spacial score (nSPS) is 14.6. The molecule has 3 aromatic carbocycles. The first-order chi connectivity index (χ1) is 21.5. The van der Waals surface area contributed by atoms with Gasteiger partial charge >= 0.3 is 12.3 Å². The number of aliphatic carboxylic acids is 1. The van der Waals surface area contributed by atoms with Crippen molar-refractivity contribution in [3.05, 3.63) is 89.5 Å². The number of alkyl halides is 3. The number of hydrogen-bond donors (Lipinski definition) is 4. The maximum absolute atomic E-state index is 12.6. The highest BCUT2D eigenvalue weighted by atomic mass is 19.4. The van der Waals surface area contributed by atoms with Crippen LogP contribution in [0.25, 0.3) is 0 Å². The zero-order valence-corrected chi connectivity index (χ0v) is 24.1. The molecule has 1 amide bonds. The summed E-state index contributed by atoms with van der Waals surface area (Å²) in [6.45, 7) is -0.269. The Kier molecular flexibility index (Phi) is 11.0. The van der Waals surface area contributed by atoms with Gasteiger partial charge in [0.1, 0.15) is 5.75 Å². The summed E-state index contributed by atoms with van der Waals surface area (Å²) >= 11 is 0.